The fourth-order valence-electron chi connectivity index (χ4n) is 3.14. The summed E-state index contributed by atoms with van der Waals surface area (Å²) in [6.45, 7) is 7.82. The van der Waals surface area contributed by atoms with Crippen molar-refractivity contribution in [3.8, 4) is 0 Å². The molecule has 0 aromatic carbocycles. The van der Waals surface area contributed by atoms with Gasteiger partial charge in [-0.3, -0.25) is 0 Å². The molecule has 94 valence electrons. The number of nitrogens with zero attached hydrogens (tertiary/aromatic N) is 1. The lowest BCUT2D eigenvalue weighted by Gasteiger charge is -2.42. The Morgan fingerprint density at radius 3 is 2.75 bits per heavy atom. The summed E-state index contributed by atoms with van der Waals surface area (Å²) >= 11 is 0. The summed E-state index contributed by atoms with van der Waals surface area (Å²) in [4.78, 5) is 2.59. The number of ether oxygens (including phenoxy) is 1. The van der Waals surface area contributed by atoms with Crippen LogP contribution in [0, 0.1) is 5.41 Å². The number of likely N-dealkylation sites (tertiary alicyclic amines) is 1. The Morgan fingerprint density at radius 1 is 1.38 bits per heavy atom. The van der Waals surface area contributed by atoms with Crippen molar-refractivity contribution in [2.75, 3.05) is 32.8 Å². The van der Waals surface area contributed by atoms with Crippen LogP contribution in [-0.4, -0.2) is 43.8 Å². The van der Waals surface area contributed by atoms with Crippen LogP contribution >= 0.6 is 0 Å². The van der Waals surface area contributed by atoms with Crippen LogP contribution in [-0.2, 0) is 4.74 Å². The van der Waals surface area contributed by atoms with E-state index in [1.807, 2.05) is 0 Å². The highest BCUT2D eigenvalue weighted by Gasteiger charge is 2.33. The Morgan fingerprint density at radius 2 is 2.12 bits per heavy atom. The first-order valence-corrected chi connectivity index (χ1v) is 6.80. The standard InChI is InChI=1S/C13H26N2O/c1-2-13(5-8-16-9-6-13)11-15-7-3-4-12(14)10-15/h12H,2-11,14H2,1H3. The molecule has 1 unspecified atom stereocenters. The number of nitrogens with two attached hydrogens (primary N) is 1. The van der Waals surface area contributed by atoms with Crippen LogP contribution in [0.3, 0.4) is 0 Å². The van der Waals surface area contributed by atoms with Crippen molar-refractivity contribution >= 4 is 0 Å². The summed E-state index contributed by atoms with van der Waals surface area (Å²) in [5.41, 5.74) is 6.56. The van der Waals surface area contributed by atoms with Gasteiger partial charge in [-0.05, 0) is 44.1 Å². The Kier molecular flexibility index (Phi) is 4.22. The third-order valence-corrected chi connectivity index (χ3v) is 4.40. The minimum absolute atomic E-state index is 0.405. The first-order chi connectivity index (χ1) is 7.74. The lowest BCUT2D eigenvalue weighted by Crippen LogP contribution is -2.48. The van der Waals surface area contributed by atoms with Gasteiger partial charge < -0.3 is 15.4 Å². The van der Waals surface area contributed by atoms with Crippen LogP contribution < -0.4 is 5.73 Å². The average molecular weight is 226 g/mol. The SMILES string of the molecule is CCC1(CN2CCCC(N)C2)CCOCC1. The molecule has 16 heavy (non-hydrogen) atoms. The van der Waals surface area contributed by atoms with E-state index < -0.39 is 0 Å². The van der Waals surface area contributed by atoms with Gasteiger partial charge in [0.1, 0.15) is 0 Å². The highest BCUT2D eigenvalue weighted by molar-refractivity contribution is 4.86. The van der Waals surface area contributed by atoms with Crippen LogP contribution in [0.5, 0.6) is 0 Å². The molecule has 0 amide bonds. The second-order valence-electron chi connectivity index (χ2n) is 5.60. The maximum absolute atomic E-state index is 6.05. The first kappa shape index (κ1) is 12.3. The molecule has 2 saturated heterocycles. The summed E-state index contributed by atoms with van der Waals surface area (Å²) in [5, 5.41) is 0. The molecular weight excluding hydrogens is 200 g/mol. The normalized spacial score (nSPS) is 31.5. The van der Waals surface area contributed by atoms with Gasteiger partial charge in [0.25, 0.3) is 0 Å². The molecule has 0 saturated carbocycles. The van der Waals surface area contributed by atoms with E-state index >= 15 is 0 Å². The monoisotopic (exact) mass is 226 g/mol. The predicted octanol–water partition coefficient (Wildman–Crippen LogP) is 1.62. The van der Waals surface area contributed by atoms with Crippen molar-refractivity contribution in [1.82, 2.24) is 4.90 Å². The van der Waals surface area contributed by atoms with Crippen molar-refractivity contribution in [1.29, 1.82) is 0 Å². The van der Waals surface area contributed by atoms with Crippen LogP contribution in [0.4, 0.5) is 0 Å². The molecule has 2 heterocycles. The molecule has 3 nitrogen and oxygen atoms in total. The Bertz CT molecular complexity index is 214. The lowest BCUT2D eigenvalue weighted by molar-refractivity contribution is -0.0108. The van der Waals surface area contributed by atoms with E-state index in [-0.39, 0.29) is 0 Å². The topological polar surface area (TPSA) is 38.5 Å². The zero-order valence-electron chi connectivity index (χ0n) is 10.6. The minimum Gasteiger partial charge on any atom is -0.381 e. The van der Waals surface area contributed by atoms with E-state index in [4.69, 9.17) is 10.5 Å². The summed E-state index contributed by atoms with van der Waals surface area (Å²) in [6, 6.07) is 0.405. The Hall–Kier alpha value is -0.120. The first-order valence-electron chi connectivity index (χ1n) is 6.80. The van der Waals surface area contributed by atoms with E-state index in [0.717, 1.165) is 19.8 Å². The third-order valence-electron chi connectivity index (χ3n) is 4.40. The van der Waals surface area contributed by atoms with Gasteiger partial charge in [0.05, 0.1) is 0 Å². The summed E-state index contributed by atoms with van der Waals surface area (Å²) in [5.74, 6) is 0. The zero-order chi connectivity index (χ0) is 11.4. The van der Waals surface area contributed by atoms with E-state index in [1.54, 1.807) is 0 Å². The molecule has 3 heteroatoms. The van der Waals surface area contributed by atoms with Gasteiger partial charge in [0.15, 0.2) is 0 Å². The fourth-order valence-corrected chi connectivity index (χ4v) is 3.14. The smallest absolute Gasteiger partial charge is 0.0471 e. The van der Waals surface area contributed by atoms with Gasteiger partial charge in [0.2, 0.25) is 0 Å². The molecule has 2 fully saturated rings. The molecule has 0 aliphatic carbocycles. The maximum atomic E-state index is 6.05. The van der Waals surface area contributed by atoms with E-state index in [9.17, 15) is 0 Å². The van der Waals surface area contributed by atoms with Crippen molar-refractivity contribution in [2.45, 2.75) is 45.1 Å². The fraction of sp³-hybridized carbons (Fsp3) is 1.00. The van der Waals surface area contributed by atoms with Gasteiger partial charge in [-0.1, -0.05) is 6.92 Å². The minimum atomic E-state index is 0.405. The van der Waals surface area contributed by atoms with Crippen molar-refractivity contribution in [3.63, 3.8) is 0 Å². The van der Waals surface area contributed by atoms with Crippen molar-refractivity contribution in [3.05, 3.63) is 0 Å². The molecule has 2 aliphatic heterocycles. The van der Waals surface area contributed by atoms with Gasteiger partial charge in [-0.15, -0.1) is 0 Å². The van der Waals surface area contributed by atoms with Crippen LogP contribution in [0.1, 0.15) is 39.0 Å². The summed E-state index contributed by atoms with van der Waals surface area (Å²) < 4.78 is 5.49. The molecule has 2 N–H and O–H groups in total. The molecule has 0 spiro atoms. The molecule has 0 aromatic heterocycles. The quantitative estimate of drug-likeness (QED) is 0.794. The van der Waals surface area contributed by atoms with E-state index in [1.165, 1.54) is 45.2 Å². The Balaban J connectivity index is 1.89. The Labute approximate surface area is 99.3 Å². The van der Waals surface area contributed by atoms with Gasteiger partial charge in [-0.25, -0.2) is 0 Å². The van der Waals surface area contributed by atoms with Gasteiger partial charge >= 0.3 is 0 Å². The highest BCUT2D eigenvalue weighted by atomic mass is 16.5. The molecule has 2 rings (SSSR count). The molecular formula is C13H26N2O. The van der Waals surface area contributed by atoms with E-state index in [0.29, 0.717) is 11.5 Å². The largest absolute Gasteiger partial charge is 0.381 e. The third kappa shape index (κ3) is 2.96. The number of hydrogen-bond donors (Lipinski definition) is 1. The van der Waals surface area contributed by atoms with Crippen molar-refractivity contribution < 1.29 is 4.74 Å². The average Bonchev–Trinajstić information content (AvgIpc) is 2.30. The summed E-state index contributed by atoms with van der Waals surface area (Å²) in [7, 11) is 0. The van der Waals surface area contributed by atoms with Crippen molar-refractivity contribution in [2.24, 2.45) is 11.1 Å². The second kappa shape index (κ2) is 5.48. The predicted molar refractivity (Wildman–Crippen MR) is 66.4 cm³/mol. The number of piperidine rings is 1. The number of rotatable bonds is 3. The van der Waals surface area contributed by atoms with Gasteiger partial charge in [0, 0.05) is 32.3 Å². The van der Waals surface area contributed by atoms with Crippen LogP contribution in [0.2, 0.25) is 0 Å². The van der Waals surface area contributed by atoms with Gasteiger partial charge in [-0.2, -0.15) is 0 Å². The van der Waals surface area contributed by atoms with Crippen LogP contribution in [0.15, 0.2) is 0 Å². The molecule has 0 bridgehead atoms. The zero-order valence-corrected chi connectivity index (χ0v) is 10.6. The molecule has 0 aromatic rings. The second-order valence-corrected chi connectivity index (χ2v) is 5.60. The molecule has 0 radical (unpaired) electrons. The summed E-state index contributed by atoms with van der Waals surface area (Å²) in [6.07, 6.45) is 6.22. The highest BCUT2D eigenvalue weighted by Crippen LogP contribution is 2.35. The number of hydrogen-bond acceptors (Lipinski definition) is 3. The van der Waals surface area contributed by atoms with E-state index in [2.05, 4.69) is 11.8 Å². The lowest BCUT2D eigenvalue weighted by atomic mass is 9.77. The molecule has 1 atom stereocenters. The molecule has 2 aliphatic rings. The van der Waals surface area contributed by atoms with Crippen LogP contribution in [0.25, 0.3) is 0 Å². The maximum Gasteiger partial charge on any atom is 0.0471 e.